The number of hydrogen-bond donors (Lipinski definition) is 0. The van der Waals surface area contributed by atoms with Gasteiger partial charge in [-0.2, -0.15) is 0 Å². The van der Waals surface area contributed by atoms with Gasteiger partial charge in [-0.3, -0.25) is 14.6 Å². The highest BCUT2D eigenvalue weighted by atomic mass is 35.5. The fourth-order valence-corrected chi connectivity index (χ4v) is 5.09. The van der Waals surface area contributed by atoms with Crippen LogP contribution in [-0.4, -0.2) is 61.4 Å². The summed E-state index contributed by atoms with van der Waals surface area (Å²) >= 11 is 9.33. The van der Waals surface area contributed by atoms with Gasteiger partial charge in [0.2, 0.25) is 0 Å². The molecule has 166 valence electrons. The van der Waals surface area contributed by atoms with Gasteiger partial charge >= 0.3 is 0 Å². The number of rotatable bonds is 6. The van der Waals surface area contributed by atoms with Crippen LogP contribution in [0.25, 0.3) is 10.2 Å². The summed E-state index contributed by atoms with van der Waals surface area (Å²) in [6.45, 7) is 4.20. The molecular formula is C21H22Cl2FN3O2S2. The fourth-order valence-electron chi connectivity index (χ4n) is 3.29. The van der Waals surface area contributed by atoms with E-state index in [4.69, 9.17) is 21.3 Å². The van der Waals surface area contributed by atoms with Crippen LogP contribution in [0.2, 0.25) is 5.02 Å². The van der Waals surface area contributed by atoms with Crippen molar-refractivity contribution >= 4 is 68.4 Å². The van der Waals surface area contributed by atoms with E-state index in [9.17, 15) is 9.18 Å². The maximum Gasteiger partial charge on any atom is 0.261 e. The van der Waals surface area contributed by atoms with Crippen LogP contribution in [-0.2, 0) is 4.74 Å². The van der Waals surface area contributed by atoms with Crippen molar-refractivity contribution in [2.45, 2.75) is 4.90 Å². The molecule has 0 atom stereocenters. The average Bonchev–Trinajstić information content (AvgIpc) is 3.17. The highest BCUT2D eigenvalue weighted by molar-refractivity contribution is 7.98. The van der Waals surface area contributed by atoms with Gasteiger partial charge in [0, 0.05) is 31.1 Å². The second-order valence-electron chi connectivity index (χ2n) is 6.87. The molecule has 1 aliphatic heterocycles. The molecule has 2 aromatic carbocycles. The zero-order chi connectivity index (χ0) is 21.1. The molecule has 0 saturated carbocycles. The van der Waals surface area contributed by atoms with E-state index < -0.39 is 5.82 Å². The van der Waals surface area contributed by atoms with Crippen molar-refractivity contribution in [3.05, 3.63) is 52.8 Å². The molecule has 1 amide bonds. The number of fused-ring (bicyclic) bond motifs is 1. The van der Waals surface area contributed by atoms with Crippen molar-refractivity contribution in [3.8, 4) is 0 Å². The summed E-state index contributed by atoms with van der Waals surface area (Å²) in [6.07, 6.45) is 2.03. The predicted octanol–water partition coefficient (Wildman–Crippen LogP) is 5.21. The minimum absolute atomic E-state index is 0. The highest BCUT2D eigenvalue weighted by Gasteiger charge is 2.24. The monoisotopic (exact) mass is 501 g/mol. The summed E-state index contributed by atoms with van der Waals surface area (Å²) in [6, 6.07) is 9.92. The number of benzene rings is 2. The van der Waals surface area contributed by atoms with Crippen LogP contribution < -0.4 is 4.90 Å². The molecule has 5 nitrogen and oxygen atoms in total. The Hall–Kier alpha value is -1.42. The highest BCUT2D eigenvalue weighted by Crippen LogP contribution is 2.33. The minimum Gasteiger partial charge on any atom is -0.379 e. The lowest BCUT2D eigenvalue weighted by Crippen LogP contribution is -2.43. The van der Waals surface area contributed by atoms with Gasteiger partial charge < -0.3 is 4.74 Å². The van der Waals surface area contributed by atoms with Crippen LogP contribution in [0.3, 0.4) is 0 Å². The summed E-state index contributed by atoms with van der Waals surface area (Å²) < 4.78 is 19.9. The van der Waals surface area contributed by atoms with Crippen molar-refractivity contribution in [3.63, 3.8) is 0 Å². The number of thiazole rings is 1. The Kier molecular flexibility index (Phi) is 8.55. The van der Waals surface area contributed by atoms with E-state index in [2.05, 4.69) is 11.0 Å². The van der Waals surface area contributed by atoms with E-state index in [0.29, 0.717) is 31.4 Å². The number of ether oxygens (including phenoxy) is 1. The number of carbonyl (C=O) groups is 1. The maximum absolute atomic E-state index is 13.5. The van der Waals surface area contributed by atoms with E-state index in [-0.39, 0.29) is 28.9 Å². The first-order chi connectivity index (χ1) is 14.5. The molecule has 0 spiro atoms. The first kappa shape index (κ1) is 24.2. The summed E-state index contributed by atoms with van der Waals surface area (Å²) in [5, 5.41) is 0.712. The zero-order valence-corrected chi connectivity index (χ0v) is 20.1. The van der Waals surface area contributed by atoms with Crippen molar-refractivity contribution in [2.75, 3.05) is 50.5 Å². The Balaban J connectivity index is 0.00000272. The normalized spacial score (nSPS) is 14.4. The number of anilines is 1. The number of halogens is 3. The van der Waals surface area contributed by atoms with Gasteiger partial charge in [-0.1, -0.05) is 22.9 Å². The molecule has 4 rings (SSSR count). The number of aromatic nitrogens is 1. The number of hydrogen-bond acceptors (Lipinski definition) is 6. The summed E-state index contributed by atoms with van der Waals surface area (Å²) in [7, 11) is 0. The minimum atomic E-state index is -0.471. The largest absolute Gasteiger partial charge is 0.379 e. The third-order valence-electron chi connectivity index (χ3n) is 4.97. The second-order valence-corrected chi connectivity index (χ2v) is 9.16. The third kappa shape index (κ3) is 5.69. The molecular weight excluding hydrogens is 480 g/mol. The number of thioether (sulfide) groups is 1. The topological polar surface area (TPSA) is 45.7 Å². The van der Waals surface area contributed by atoms with E-state index >= 15 is 0 Å². The van der Waals surface area contributed by atoms with Gasteiger partial charge in [-0.05, 0) is 42.7 Å². The van der Waals surface area contributed by atoms with Gasteiger partial charge in [0.05, 0.1) is 34.0 Å². The summed E-state index contributed by atoms with van der Waals surface area (Å²) in [5.74, 6) is -0.751. The van der Waals surface area contributed by atoms with Crippen LogP contribution >= 0.6 is 47.1 Å². The van der Waals surface area contributed by atoms with E-state index in [0.717, 1.165) is 34.3 Å². The first-order valence-corrected chi connectivity index (χ1v) is 12.0. The van der Waals surface area contributed by atoms with Crippen molar-refractivity contribution in [1.29, 1.82) is 0 Å². The third-order valence-corrected chi connectivity index (χ3v) is 7.04. The van der Waals surface area contributed by atoms with E-state index in [1.807, 2.05) is 18.4 Å². The Morgan fingerprint density at radius 3 is 2.77 bits per heavy atom. The lowest BCUT2D eigenvalue weighted by molar-refractivity contribution is 0.0391. The van der Waals surface area contributed by atoms with Gasteiger partial charge in [-0.25, -0.2) is 9.37 Å². The number of morpholine rings is 1. The van der Waals surface area contributed by atoms with Crippen LogP contribution in [0, 0.1) is 5.82 Å². The molecule has 0 N–H and O–H groups in total. The Morgan fingerprint density at radius 1 is 1.29 bits per heavy atom. The van der Waals surface area contributed by atoms with Crippen molar-refractivity contribution in [1.82, 2.24) is 9.88 Å². The second kappa shape index (κ2) is 10.9. The molecule has 0 bridgehead atoms. The van der Waals surface area contributed by atoms with Crippen LogP contribution in [0.4, 0.5) is 9.52 Å². The molecule has 0 radical (unpaired) electrons. The van der Waals surface area contributed by atoms with Crippen LogP contribution in [0.1, 0.15) is 10.4 Å². The zero-order valence-electron chi connectivity index (χ0n) is 16.8. The average molecular weight is 502 g/mol. The molecule has 0 unspecified atom stereocenters. The van der Waals surface area contributed by atoms with Crippen LogP contribution in [0.15, 0.2) is 41.3 Å². The Labute approximate surface area is 199 Å². The predicted molar refractivity (Wildman–Crippen MR) is 129 cm³/mol. The SMILES string of the molecule is CSc1ccc2nc(N(CCN3CCOCC3)C(=O)c3ccc(F)cc3Cl)sc2c1.Cl. The van der Waals surface area contributed by atoms with E-state index in [1.165, 1.54) is 23.5 Å². The van der Waals surface area contributed by atoms with Crippen molar-refractivity contribution < 1.29 is 13.9 Å². The smallest absolute Gasteiger partial charge is 0.261 e. The number of amides is 1. The first-order valence-electron chi connectivity index (χ1n) is 9.57. The molecule has 31 heavy (non-hydrogen) atoms. The maximum atomic E-state index is 13.5. The van der Waals surface area contributed by atoms with Gasteiger partial charge in [-0.15, -0.1) is 24.2 Å². The quantitative estimate of drug-likeness (QED) is 0.433. The lowest BCUT2D eigenvalue weighted by atomic mass is 10.2. The molecule has 10 heteroatoms. The van der Waals surface area contributed by atoms with Gasteiger partial charge in [0.15, 0.2) is 5.13 Å². The molecule has 1 saturated heterocycles. The molecule has 1 fully saturated rings. The number of nitrogens with zero attached hydrogens (tertiary/aromatic N) is 3. The molecule has 1 aliphatic rings. The van der Waals surface area contributed by atoms with Crippen molar-refractivity contribution in [2.24, 2.45) is 0 Å². The number of carbonyl (C=O) groups excluding carboxylic acids is 1. The Bertz CT molecular complexity index is 1060. The molecule has 0 aliphatic carbocycles. The molecule has 3 aromatic rings. The van der Waals surface area contributed by atoms with Gasteiger partial charge in [0.1, 0.15) is 5.82 Å². The van der Waals surface area contributed by atoms with E-state index in [1.54, 1.807) is 16.7 Å². The fraction of sp³-hybridized carbons (Fsp3) is 0.333. The van der Waals surface area contributed by atoms with Crippen LogP contribution in [0.5, 0.6) is 0 Å². The van der Waals surface area contributed by atoms with Gasteiger partial charge in [0.25, 0.3) is 5.91 Å². The summed E-state index contributed by atoms with van der Waals surface area (Å²) in [4.78, 5) is 23.1. The lowest BCUT2D eigenvalue weighted by Gasteiger charge is -2.29. The molecule has 1 aromatic heterocycles. The standard InChI is InChI=1S/C21H21ClFN3O2S2.ClH/c1-29-15-3-5-18-19(13-15)30-21(24-18)26(7-6-25-8-10-28-11-9-25)20(27)16-4-2-14(23)12-17(16)22;/h2-5,12-13H,6-11H2,1H3;1H. The summed E-state index contributed by atoms with van der Waals surface area (Å²) in [5.41, 5.74) is 1.12. The molecule has 2 heterocycles. The Morgan fingerprint density at radius 2 is 2.06 bits per heavy atom.